The van der Waals surface area contributed by atoms with Gasteiger partial charge >= 0.3 is 5.97 Å². The number of carboxylic acids is 1. The number of rotatable bonds is 4. The standard InChI is InChI=1S/C28H33N5O3/c34-27(35)22-4-3-20(32-11-6-28(7-12-32)17-21(18-28)31-9-1-2-10-31)16-23(22)33-13-14-36-26-24(33)15-19-5-8-29-25(19)30-26/h3-5,8,15-16,21H,1-2,6-7,9-14,17-18H2,(H,29,30)(H,34,35). The van der Waals surface area contributed by atoms with Crippen molar-refractivity contribution >= 4 is 34.1 Å². The molecule has 0 atom stereocenters. The number of piperidine rings is 1. The van der Waals surface area contributed by atoms with E-state index in [1.165, 1.54) is 51.6 Å². The molecule has 1 saturated carbocycles. The summed E-state index contributed by atoms with van der Waals surface area (Å²) in [6.07, 6.45) is 9.75. The molecule has 0 bridgehead atoms. The Bertz CT molecular complexity index is 1300. The molecule has 2 saturated heterocycles. The van der Waals surface area contributed by atoms with E-state index in [-0.39, 0.29) is 0 Å². The van der Waals surface area contributed by atoms with E-state index >= 15 is 0 Å². The van der Waals surface area contributed by atoms with Gasteiger partial charge in [-0.2, -0.15) is 4.98 Å². The maximum Gasteiger partial charge on any atom is 0.337 e. The lowest BCUT2D eigenvalue weighted by atomic mass is 9.60. The number of nitrogens with zero attached hydrogens (tertiary/aromatic N) is 4. The zero-order valence-electron chi connectivity index (χ0n) is 20.6. The van der Waals surface area contributed by atoms with Gasteiger partial charge in [0.15, 0.2) is 0 Å². The fraction of sp³-hybridized carbons (Fsp3) is 0.500. The van der Waals surface area contributed by atoms with E-state index in [1.807, 2.05) is 24.4 Å². The van der Waals surface area contributed by atoms with Gasteiger partial charge in [0.2, 0.25) is 5.88 Å². The number of hydrogen-bond acceptors (Lipinski definition) is 6. The highest BCUT2D eigenvalue weighted by molar-refractivity contribution is 5.97. The normalized spacial score (nSPS) is 22.0. The van der Waals surface area contributed by atoms with Crippen LogP contribution in [0.1, 0.15) is 48.9 Å². The highest BCUT2D eigenvalue weighted by Gasteiger charge is 2.48. The van der Waals surface area contributed by atoms with Gasteiger partial charge in [-0.25, -0.2) is 4.79 Å². The van der Waals surface area contributed by atoms with Gasteiger partial charge in [0.1, 0.15) is 17.9 Å². The molecule has 3 fully saturated rings. The summed E-state index contributed by atoms with van der Waals surface area (Å²) in [5.74, 6) is -0.379. The number of fused-ring (bicyclic) bond motifs is 2. The number of carbonyl (C=O) groups is 1. The predicted octanol–water partition coefficient (Wildman–Crippen LogP) is 4.64. The molecule has 0 amide bonds. The van der Waals surface area contributed by atoms with E-state index < -0.39 is 5.97 Å². The number of pyridine rings is 1. The summed E-state index contributed by atoms with van der Waals surface area (Å²) in [5, 5.41) is 11.0. The van der Waals surface area contributed by atoms with E-state index in [0.717, 1.165) is 41.5 Å². The lowest BCUT2D eigenvalue weighted by Crippen LogP contribution is -2.54. The molecule has 1 aromatic carbocycles. The second-order valence-electron chi connectivity index (χ2n) is 11.0. The summed E-state index contributed by atoms with van der Waals surface area (Å²) in [7, 11) is 0. The van der Waals surface area contributed by atoms with Crippen LogP contribution in [0.4, 0.5) is 17.1 Å². The van der Waals surface area contributed by atoms with Gasteiger partial charge in [-0.05, 0) is 87.4 Å². The molecule has 188 valence electrons. The van der Waals surface area contributed by atoms with Gasteiger partial charge in [-0.15, -0.1) is 0 Å². The van der Waals surface area contributed by atoms with Gasteiger partial charge in [0.25, 0.3) is 0 Å². The Kier molecular flexibility index (Phi) is 5.13. The minimum absolute atomic E-state index is 0.307. The zero-order valence-corrected chi connectivity index (χ0v) is 20.6. The molecule has 3 aliphatic heterocycles. The number of benzene rings is 1. The first-order valence-electron chi connectivity index (χ1n) is 13.3. The molecule has 1 aliphatic carbocycles. The number of ether oxygens (including phenoxy) is 1. The average Bonchev–Trinajstić information content (AvgIpc) is 3.57. The molecular formula is C28H33N5O3. The van der Waals surface area contributed by atoms with Crippen molar-refractivity contribution in [3.63, 3.8) is 0 Å². The zero-order chi connectivity index (χ0) is 24.3. The van der Waals surface area contributed by atoms with Gasteiger partial charge in [0, 0.05) is 36.4 Å². The summed E-state index contributed by atoms with van der Waals surface area (Å²) in [5.41, 5.74) is 4.22. The fourth-order valence-corrected chi connectivity index (χ4v) is 6.93. The highest BCUT2D eigenvalue weighted by Crippen LogP contribution is 2.52. The third-order valence-electron chi connectivity index (χ3n) is 9.01. The van der Waals surface area contributed by atoms with Crippen LogP contribution in [0.15, 0.2) is 36.5 Å². The molecular weight excluding hydrogens is 454 g/mol. The van der Waals surface area contributed by atoms with Crippen LogP contribution < -0.4 is 14.5 Å². The van der Waals surface area contributed by atoms with E-state index in [4.69, 9.17) is 4.74 Å². The monoisotopic (exact) mass is 487 g/mol. The van der Waals surface area contributed by atoms with Gasteiger partial charge in [-0.3, -0.25) is 0 Å². The molecule has 36 heavy (non-hydrogen) atoms. The van der Waals surface area contributed by atoms with Crippen LogP contribution >= 0.6 is 0 Å². The van der Waals surface area contributed by atoms with E-state index in [1.54, 1.807) is 6.07 Å². The Hall–Kier alpha value is -3.26. The molecule has 2 aromatic heterocycles. The van der Waals surface area contributed by atoms with Gasteiger partial charge in [-0.1, -0.05) is 0 Å². The molecule has 0 radical (unpaired) electrons. The van der Waals surface area contributed by atoms with Crippen molar-refractivity contribution in [1.82, 2.24) is 14.9 Å². The quantitative estimate of drug-likeness (QED) is 0.555. The second kappa shape index (κ2) is 8.40. The first kappa shape index (κ1) is 22.0. The van der Waals surface area contributed by atoms with Gasteiger partial charge in [0.05, 0.1) is 17.8 Å². The number of aromatic carboxylic acids is 1. The van der Waals surface area contributed by atoms with Crippen molar-refractivity contribution in [2.45, 2.75) is 44.6 Å². The second-order valence-corrected chi connectivity index (χ2v) is 11.0. The van der Waals surface area contributed by atoms with Crippen LogP contribution in [0.5, 0.6) is 5.88 Å². The van der Waals surface area contributed by atoms with Crippen molar-refractivity contribution in [3.05, 3.63) is 42.1 Å². The molecule has 7 rings (SSSR count). The van der Waals surface area contributed by atoms with Crippen LogP contribution in [0, 0.1) is 5.41 Å². The molecule has 8 nitrogen and oxygen atoms in total. The largest absolute Gasteiger partial charge is 0.478 e. The Morgan fingerprint density at radius 3 is 2.61 bits per heavy atom. The number of anilines is 3. The molecule has 4 aliphatic rings. The first-order chi connectivity index (χ1) is 17.6. The van der Waals surface area contributed by atoms with Crippen LogP contribution in [-0.4, -0.2) is 71.3 Å². The van der Waals surface area contributed by atoms with Crippen molar-refractivity contribution in [2.75, 3.05) is 49.1 Å². The fourth-order valence-electron chi connectivity index (χ4n) is 6.93. The maximum absolute atomic E-state index is 12.2. The van der Waals surface area contributed by atoms with Crippen LogP contribution in [0.2, 0.25) is 0 Å². The first-order valence-corrected chi connectivity index (χ1v) is 13.3. The number of aromatic amines is 1. The Balaban J connectivity index is 1.14. The van der Waals surface area contributed by atoms with Crippen LogP contribution in [0.25, 0.3) is 11.0 Å². The number of nitrogens with one attached hydrogen (secondary N) is 1. The lowest BCUT2D eigenvalue weighted by Gasteiger charge is -2.55. The average molecular weight is 488 g/mol. The molecule has 8 heteroatoms. The van der Waals surface area contributed by atoms with Crippen molar-refractivity contribution in [3.8, 4) is 5.88 Å². The van der Waals surface area contributed by atoms with Crippen molar-refractivity contribution in [2.24, 2.45) is 5.41 Å². The SMILES string of the molecule is O=C(O)c1ccc(N2CCC3(CC2)CC(N2CCCC2)C3)cc1N1CCOc2nc3[nH]ccc3cc21. The number of carboxylic acid groups (broad SMARTS) is 1. The lowest BCUT2D eigenvalue weighted by molar-refractivity contribution is -0.00644. The molecule has 1 spiro atoms. The Morgan fingerprint density at radius 1 is 1.03 bits per heavy atom. The minimum atomic E-state index is -0.916. The smallest absolute Gasteiger partial charge is 0.337 e. The minimum Gasteiger partial charge on any atom is -0.478 e. The Labute approximate surface area is 210 Å². The van der Waals surface area contributed by atoms with E-state index in [0.29, 0.717) is 35.7 Å². The van der Waals surface area contributed by atoms with Crippen LogP contribution in [-0.2, 0) is 0 Å². The van der Waals surface area contributed by atoms with E-state index in [2.05, 4.69) is 30.7 Å². The van der Waals surface area contributed by atoms with Gasteiger partial charge < -0.3 is 29.5 Å². The van der Waals surface area contributed by atoms with Crippen molar-refractivity contribution in [1.29, 1.82) is 0 Å². The number of H-pyrrole nitrogens is 1. The summed E-state index contributed by atoms with van der Waals surface area (Å²) in [4.78, 5) is 27.2. The summed E-state index contributed by atoms with van der Waals surface area (Å²) >= 11 is 0. The van der Waals surface area contributed by atoms with Crippen molar-refractivity contribution < 1.29 is 14.6 Å². The molecule has 5 heterocycles. The highest BCUT2D eigenvalue weighted by atomic mass is 16.5. The topological polar surface area (TPSA) is 84.9 Å². The predicted molar refractivity (Wildman–Crippen MR) is 140 cm³/mol. The number of likely N-dealkylation sites (tertiary alicyclic amines) is 1. The molecule has 3 aromatic rings. The maximum atomic E-state index is 12.2. The summed E-state index contributed by atoms with van der Waals surface area (Å²) in [6, 6.07) is 10.6. The molecule has 0 unspecified atom stereocenters. The third-order valence-corrected chi connectivity index (χ3v) is 9.01. The summed E-state index contributed by atoms with van der Waals surface area (Å²) in [6.45, 7) is 5.69. The number of aromatic nitrogens is 2. The third kappa shape index (κ3) is 3.61. The van der Waals surface area contributed by atoms with E-state index in [9.17, 15) is 9.90 Å². The van der Waals surface area contributed by atoms with Crippen LogP contribution in [0.3, 0.4) is 0 Å². The number of hydrogen-bond donors (Lipinski definition) is 2. The summed E-state index contributed by atoms with van der Waals surface area (Å²) < 4.78 is 5.85. The molecule has 2 N–H and O–H groups in total. The Morgan fingerprint density at radius 2 is 1.83 bits per heavy atom.